The fourth-order valence-corrected chi connectivity index (χ4v) is 4.48. The standard InChI is InChI=1S/C26H32N4O3/c1-5-30-18-22(20(4)27-30)17-29-13-11-26(12-14-29,25(31)32-6-2)16-23-15-24(28-33-23)21-9-7-19(3)8-10-21/h5,7-10,15,18H,1,6,11-14,16-17H2,2-4H3. The third-order valence-electron chi connectivity index (χ3n) is 6.54. The Hall–Kier alpha value is -3.19. The molecule has 1 aliphatic rings. The van der Waals surface area contributed by atoms with E-state index < -0.39 is 5.41 Å². The average molecular weight is 449 g/mol. The van der Waals surface area contributed by atoms with Crippen molar-refractivity contribution in [1.29, 1.82) is 0 Å². The minimum Gasteiger partial charge on any atom is -0.466 e. The zero-order valence-electron chi connectivity index (χ0n) is 19.7. The molecular formula is C26H32N4O3. The van der Waals surface area contributed by atoms with Gasteiger partial charge in [-0.2, -0.15) is 5.10 Å². The van der Waals surface area contributed by atoms with Crippen LogP contribution >= 0.6 is 0 Å². The van der Waals surface area contributed by atoms with Gasteiger partial charge in [0.2, 0.25) is 0 Å². The van der Waals surface area contributed by atoms with Crippen LogP contribution in [0.4, 0.5) is 0 Å². The highest BCUT2D eigenvalue weighted by molar-refractivity contribution is 5.77. The number of esters is 1. The maximum Gasteiger partial charge on any atom is 0.312 e. The highest BCUT2D eigenvalue weighted by atomic mass is 16.5. The van der Waals surface area contributed by atoms with Crippen molar-refractivity contribution in [2.75, 3.05) is 19.7 Å². The van der Waals surface area contributed by atoms with E-state index in [1.165, 1.54) is 11.1 Å². The van der Waals surface area contributed by atoms with Gasteiger partial charge in [-0.3, -0.25) is 9.69 Å². The fourth-order valence-electron chi connectivity index (χ4n) is 4.48. The van der Waals surface area contributed by atoms with Gasteiger partial charge in [0, 0.05) is 42.6 Å². The highest BCUT2D eigenvalue weighted by Crippen LogP contribution is 2.38. The van der Waals surface area contributed by atoms with Crippen LogP contribution in [0.15, 0.2) is 47.6 Å². The lowest BCUT2D eigenvalue weighted by molar-refractivity contribution is -0.159. The molecule has 1 fully saturated rings. The highest BCUT2D eigenvalue weighted by Gasteiger charge is 2.44. The summed E-state index contributed by atoms with van der Waals surface area (Å²) in [6, 6.07) is 10.1. The molecule has 0 atom stereocenters. The monoisotopic (exact) mass is 448 g/mol. The Kier molecular flexibility index (Phi) is 6.79. The van der Waals surface area contributed by atoms with Crippen LogP contribution in [0.5, 0.6) is 0 Å². The van der Waals surface area contributed by atoms with E-state index in [-0.39, 0.29) is 5.97 Å². The number of hydrogen-bond acceptors (Lipinski definition) is 6. The zero-order valence-corrected chi connectivity index (χ0v) is 19.7. The lowest BCUT2D eigenvalue weighted by Gasteiger charge is -2.39. The molecule has 174 valence electrons. The molecule has 3 aromatic rings. The van der Waals surface area contributed by atoms with Crippen molar-refractivity contribution < 1.29 is 14.1 Å². The predicted molar refractivity (Wildman–Crippen MR) is 127 cm³/mol. The van der Waals surface area contributed by atoms with Crippen LogP contribution in [0.25, 0.3) is 17.5 Å². The van der Waals surface area contributed by atoms with Gasteiger partial charge >= 0.3 is 5.97 Å². The van der Waals surface area contributed by atoms with Crippen molar-refractivity contribution in [1.82, 2.24) is 19.8 Å². The van der Waals surface area contributed by atoms with Crippen molar-refractivity contribution in [3.05, 3.63) is 65.7 Å². The first-order valence-electron chi connectivity index (χ1n) is 11.5. The molecule has 0 amide bonds. The molecule has 0 aliphatic carbocycles. The van der Waals surface area contributed by atoms with Crippen molar-refractivity contribution in [3.63, 3.8) is 0 Å². The van der Waals surface area contributed by atoms with Crippen molar-refractivity contribution in [3.8, 4) is 11.3 Å². The molecule has 0 spiro atoms. The quantitative estimate of drug-likeness (QED) is 0.467. The van der Waals surface area contributed by atoms with E-state index in [1.54, 1.807) is 10.9 Å². The van der Waals surface area contributed by atoms with Crippen LogP contribution in [-0.4, -0.2) is 45.5 Å². The van der Waals surface area contributed by atoms with Gasteiger partial charge in [-0.05, 0) is 46.7 Å². The largest absolute Gasteiger partial charge is 0.466 e. The molecule has 1 aromatic carbocycles. The fraction of sp³-hybridized carbons (Fsp3) is 0.423. The van der Waals surface area contributed by atoms with E-state index in [0.29, 0.717) is 25.9 Å². The summed E-state index contributed by atoms with van der Waals surface area (Å²) in [6.07, 6.45) is 5.62. The molecular weight excluding hydrogens is 416 g/mol. The Morgan fingerprint density at radius 2 is 1.97 bits per heavy atom. The topological polar surface area (TPSA) is 73.4 Å². The van der Waals surface area contributed by atoms with Gasteiger partial charge in [-0.1, -0.05) is 41.6 Å². The van der Waals surface area contributed by atoms with Crippen molar-refractivity contribution in [2.45, 2.75) is 46.6 Å². The first kappa shape index (κ1) is 23.0. The van der Waals surface area contributed by atoms with E-state index in [1.807, 2.05) is 38.2 Å². The van der Waals surface area contributed by atoms with Gasteiger partial charge in [0.1, 0.15) is 11.5 Å². The summed E-state index contributed by atoms with van der Waals surface area (Å²) in [5.41, 5.74) is 4.57. The van der Waals surface area contributed by atoms with Crippen LogP contribution < -0.4 is 0 Å². The number of piperidine rings is 1. The number of nitrogens with zero attached hydrogens (tertiary/aromatic N) is 4. The molecule has 0 bridgehead atoms. The second-order valence-corrected chi connectivity index (χ2v) is 8.90. The Bertz CT molecular complexity index is 1110. The van der Waals surface area contributed by atoms with E-state index in [9.17, 15) is 4.79 Å². The first-order valence-corrected chi connectivity index (χ1v) is 11.5. The van der Waals surface area contributed by atoms with Crippen LogP contribution in [0.2, 0.25) is 0 Å². The molecule has 2 aromatic heterocycles. The summed E-state index contributed by atoms with van der Waals surface area (Å²) in [6.45, 7) is 12.5. The van der Waals surface area contributed by atoms with E-state index in [2.05, 4.69) is 40.8 Å². The Morgan fingerprint density at radius 3 is 2.61 bits per heavy atom. The Balaban J connectivity index is 1.47. The van der Waals surface area contributed by atoms with Crippen LogP contribution in [-0.2, 0) is 22.5 Å². The molecule has 1 saturated heterocycles. The number of carbonyl (C=O) groups excluding carboxylic acids is 1. The minimum atomic E-state index is -0.600. The summed E-state index contributed by atoms with van der Waals surface area (Å²) >= 11 is 0. The molecule has 0 unspecified atom stereocenters. The van der Waals surface area contributed by atoms with Gasteiger partial charge in [0.25, 0.3) is 0 Å². The summed E-state index contributed by atoms with van der Waals surface area (Å²) in [7, 11) is 0. The van der Waals surface area contributed by atoms with E-state index in [4.69, 9.17) is 9.26 Å². The third kappa shape index (κ3) is 5.09. The number of hydrogen-bond donors (Lipinski definition) is 0. The third-order valence-corrected chi connectivity index (χ3v) is 6.54. The number of carbonyl (C=O) groups is 1. The smallest absolute Gasteiger partial charge is 0.312 e. The molecule has 0 saturated carbocycles. The second kappa shape index (κ2) is 9.75. The van der Waals surface area contributed by atoms with Crippen LogP contribution in [0.3, 0.4) is 0 Å². The maximum absolute atomic E-state index is 13.1. The minimum absolute atomic E-state index is 0.145. The Morgan fingerprint density at radius 1 is 1.24 bits per heavy atom. The number of benzene rings is 1. The SMILES string of the molecule is C=Cn1cc(CN2CCC(Cc3cc(-c4ccc(C)cc4)no3)(C(=O)OCC)CC2)c(C)n1. The first-order chi connectivity index (χ1) is 15.9. The summed E-state index contributed by atoms with van der Waals surface area (Å²) in [5.74, 6) is 0.573. The number of ether oxygens (including phenoxy) is 1. The van der Waals surface area contributed by atoms with Gasteiger partial charge in [-0.25, -0.2) is 4.68 Å². The van der Waals surface area contributed by atoms with Gasteiger partial charge in [-0.15, -0.1) is 0 Å². The molecule has 7 heteroatoms. The van der Waals surface area contributed by atoms with Crippen molar-refractivity contribution in [2.24, 2.45) is 5.41 Å². The molecule has 0 N–H and O–H groups in total. The van der Waals surface area contributed by atoms with Crippen molar-refractivity contribution >= 4 is 12.2 Å². The lowest BCUT2D eigenvalue weighted by atomic mass is 9.74. The van der Waals surface area contributed by atoms with Gasteiger partial charge in [0.15, 0.2) is 0 Å². The normalized spacial score (nSPS) is 16.0. The molecule has 0 radical (unpaired) electrons. The van der Waals surface area contributed by atoms with Gasteiger partial charge < -0.3 is 9.26 Å². The maximum atomic E-state index is 13.1. The second-order valence-electron chi connectivity index (χ2n) is 8.90. The van der Waals surface area contributed by atoms with Crippen LogP contribution in [0, 0.1) is 19.3 Å². The summed E-state index contributed by atoms with van der Waals surface area (Å²) in [5, 5.41) is 8.70. The molecule has 3 heterocycles. The summed E-state index contributed by atoms with van der Waals surface area (Å²) in [4.78, 5) is 15.4. The van der Waals surface area contributed by atoms with Crippen LogP contribution in [0.1, 0.15) is 42.3 Å². The van der Waals surface area contributed by atoms with E-state index in [0.717, 1.165) is 42.3 Å². The van der Waals surface area contributed by atoms with E-state index >= 15 is 0 Å². The lowest BCUT2D eigenvalue weighted by Crippen LogP contribution is -2.46. The Labute approximate surface area is 195 Å². The number of aryl methyl sites for hydroxylation is 2. The average Bonchev–Trinajstić information content (AvgIpc) is 3.42. The molecule has 7 nitrogen and oxygen atoms in total. The molecule has 1 aliphatic heterocycles. The molecule has 4 rings (SSSR count). The number of likely N-dealkylation sites (tertiary alicyclic amines) is 1. The summed E-state index contributed by atoms with van der Waals surface area (Å²) < 4.78 is 12.9. The zero-order chi connectivity index (χ0) is 23.4. The van der Waals surface area contributed by atoms with Gasteiger partial charge in [0.05, 0.1) is 17.7 Å². The molecule has 33 heavy (non-hydrogen) atoms. The predicted octanol–water partition coefficient (Wildman–Crippen LogP) is 4.64. The number of rotatable bonds is 8. The number of aromatic nitrogens is 3.